The third-order valence-electron chi connectivity index (χ3n) is 2.31. The van der Waals surface area contributed by atoms with Crippen LogP contribution in [0.5, 0.6) is 0 Å². The minimum absolute atomic E-state index is 0.0970. The molecule has 0 fully saturated rings. The SMILES string of the molecule is CC(C)(C)NCC(O)c1cccc(S(F)(F)(F)(F)F)n1. The van der Waals surface area contributed by atoms with E-state index < -0.39 is 27.0 Å². The fraction of sp³-hybridized carbons (Fsp3) is 0.545. The van der Waals surface area contributed by atoms with E-state index in [0.29, 0.717) is 0 Å². The van der Waals surface area contributed by atoms with Crippen LogP contribution in [0.4, 0.5) is 19.4 Å². The van der Waals surface area contributed by atoms with Crippen LogP contribution >= 0.6 is 10.2 Å². The zero-order valence-corrected chi connectivity index (χ0v) is 12.0. The van der Waals surface area contributed by atoms with E-state index in [-0.39, 0.29) is 18.2 Å². The van der Waals surface area contributed by atoms with Gasteiger partial charge in [0.25, 0.3) is 0 Å². The number of halogens is 5. The Bertz CT molecular complexity index is 497. The number of β-amino-alcohol motifs (C(OH)–C–C–N with tert-alkyl or cyclic N) is 1. The van der Waals surface area contributed by atoms with Crippen molar-refractivity contribution in [1.29, 1.82) is 0 Å². The number of rotatable bonds is 4. The molecule has 0 saturated carbocycles. The summed E-state index contributed by atoms with van der Waals surface area (Å²) < 4.78 is 63.0. The number of aromatic nitrogens is 1. The van der Waals surface area contributed by atoms with E-state index in [9.17, 15) is 24.5 Å². The van der Waals surface area contributed by atoms with Crippen LogP contribution in [0.15, 0.2) is 23.2 Å². The predicted octanol–water partition coefficient (Wildman–Crippen LogP) is 4.16. The Balaban J connectivity index is 3.01. The van der Waals surface area contributed by atoms with Crippen molar-refractivity contribution in [3.8, 4) is 0 Å². The van der Waals surface area contributed by atoms with E-state index in [1.807, 2.05) is 0 Å². The first-order valence-corrected chi connectivity index (χ1v) is 7.68. The molecule has 0 amide bonds. The Morgan fingerprint density at radius 2 is 1.75 bits per heavy atom. The molecule has 1 heterocycles. The highest BCUT2D eigenvalue weighted by Gasteiger charge is 2.67. The number of nitrogens with zero attached hydrogens (tertiary/aromatic N) is 1. The monoisotopic (exact) mass is 320 g/mol. The second kappa shape index (κ2) is 4.28. The van der Waals surface area contributed by atoms with Crippen molar-refractivity contribution in [2.45, 2.75) is 37.4 Å². The Morgan fingerprint density at radius 1 is 1.20 bits per heavy atom. The smallest absolute Gasteiger partial charge is 0.325 e. The first kappa shape index (κ1) is 17.1. The van der Waals surface area contributed by atoms with Gasteiger partial charge in [0.15, 0.2) is 5.03 Å². The van der Waals surface area contributed by atoms with Crippen LogP contribution in [0.3, 0.4) is 0 Å². The quantitative estimate of drug-likeness (QED) is 0.819. The van der Waals surface area contributed by atoms with Crippen LogP contribution in [0, 0.1) is 0 Å². The molecule has 0 aliphatic heterocycles. The summed E-state index contributed by atoms with van der Waals surface area (Å²) in [4.78, 5) is 2.88. The minimum atomic E-state index is -9.82. The highest BCUT2D eigenvalue weighted by atomic mass is 32.5. The number of hydrogen-bond acceptors (Lipinski definition) is 3. The molecule has 1 aromatic rings. The molecule has 20 heavy (non-hydrogen) atoms. The van der Waals surface area contributed by atoms with Crippen molar-refractivity contribution in [1.82, 2.24) is 10.3 Å². The summed E-state index contributed by atoms with van der Waals surface area (Å²) in [5.41, 5.74) is -0.828. The van der Waals surface area contributed by atoms with Crippen LogP contribution in [0.1, 0.15) is 32.6 Å². The van der Waals surface area contributed by atoms with Gasteiger partial charge in [-0.2, -0.15) is 0 Å². The molecule has 1 rings (SSSR count). The normalized spacial score (nSPS) is 18.2. The average Bonchev–Trinajstić information content (AvgIpc) is 2.22. The topological polar surface area (TPSA) is 45.1 Å². The number of aliphatic hydroxyl groups excluding tert-OH is 1. The van der Waals surface area contributed by atoms with Gasteiger partial charge in [0.2, 0.25) is 0 Å². The van der Waals surface area contributed by atoms with Gasteiger partial charge in [-0.05, 0) is 32.9 Å². The summed E-state index contributed by atoms with van der Waals surface area (Å²) in [5.74, 6) is 0. The van der Waals surface area contributed by atoms with Gasteiger partial charge in [0.05, 0.1) is 5.69 Å². The molecule has 118 valence electrons. The molecule has 0 bridgehead atoms. The molecule has 0 aliphatic rings. The van der Waals surface area contributed by atoms with E-state index in [4.69, 9.17) is 0 Å². The Labute approximate surface area is 113 Å². The maximum Gasteiger partial charge on any atom is 0.325 e. The van der Waals surface area contributed by atoms with Gasteiger partial charge in [-0.25, -0.2) is 4.98 Å². The lowest BCUT2D eigenvalue weighted by Gasteiger charge is -2.39. The minimum Gasteiger partial charge on any atom is -0.385 e. The van der Waals surface area contributed by atoms with Gasteiger partial charge < -0.3 is 10.4 Å². The molecular formula is C11H17F5N2OS. The highest BCUT2D eigenvalue weighted by molar-refractivity contribution is 8.45. The van der Waals surface area contributed by atoms with E-state index in [1.54, 1.807) is 20.8 Å². The lowest BCUT2D eigenvalue weighted by atomic mass is 10.1. The summed E-state index contributed by atoms with van der Waals surface area (Å²) in [5, 5.41) is 10.3. The van der Waals surface area contributed by atoms with Gasteiger partial charge in [-0.3, -0.25) is 0 Å². The molecule has 0 radical (unpaired) electrons. The number of pyridine rings is 1. The van der Waals surface area contributed by atoms with E-state index >= 15 is 0 Å². The van der Waals surface area contributed by atoms with Crippen LogP contribution in [0.2, 0.25) is 0 Å². The van der Waals surface area contributed by atoms with E-state index in [1.165, 1.54) is 0 Å². The van der Waals surface area contributed by atoms with Gasteiger partial charge in [-0.15, -0.1) is 0 Å². The number of aliphatic hydroxyl groups is 1. The molecule has 0 aromatic carbocycles. The third kappa shape index (κ3) is 5.22. The maximum atomic E-state index is 12.6. The maximum absolute atomic E-state index is 12.6. The predicted molar refractivity (Wildman–Crippen MR) is 68.3 cm³/mol. The summed E-state index contributed by atoms with van der Waals surface area (Å²) in [6.07, 6.45) is -1.41. The molecule has 1 atom stereocenters. The van der Waals surface area contributed by atoms with Crippen molar-refractivity contribution >= 4 is 10.2 Å². The Kier molecular flexibility index (Phi) is 3.67. The van der Waals surface area contributed by atoms with Gasteiger partial charge in [-0.1, -0.05) is 25.5 Å². The van der Waals surface area contributed by atoms with Gasteiger partial charge >= 0.3 is 10.2 Å². The number of hydrogen-bond donors (Lipinski definition) is 2. The Morgan fingerprint density at radius 3 is 2.20 bits per heavy atom. The van der Waals surface area contributed by atoms with Crippen molar-refractivity contribution in [3.05, 3.63) is 23.9 Å². The third-order valence-corrected chi connectivity index (χ3v) is 3.33. The molecule has 0 saturated heterocycles. The van der Waals surface area contributed by atoms with Crippen LogP contribution in [0.25, 0.3) is 0 Å². The first-order valence-electron chi connectivity index (χ1n) is 5.73. The number of nitrogens with one attached hydrogen (secondary N) is 1. The van der Waals surface area contributed by atoms with E-state index in [2.05, 4.69) is 10.3 Å². The standard InChI is InChI=1S/C11H17F5N2OS/c1-11(2,3)17-7-9(19)8-5-4-6-10(18-8)20(12,13,14,15)16/h4-6,9,17,19H,7H2,1-3H3. The van der Waals surface area contributed by atoms with Gasteiger partial charge in [0.1, 0.15) is 6.10 Å². The molecule has 1 aromatic heterocycles. The van der Waals surface area contributed by atoms with Crippen LogP contribution in [-0.2, 0) is 0 Å². The van der Waals surface area contributed by atoms with Crippen molar-refractivity contribution < 1.29 is 24.5 Å². The molecule has 3 nitrogen and oxygen atoms in total. The molecule has 0 spiro atoms. The zero-order chi connectivity index (χ0) is 15.9. The summed E-state index contributed by atoms with van der Waals surface area (Å²) in [6.45, 7) is 5.27. The molecule has 9 heteroatoms. The first-order chi connectivity index (χ1) is 8.58. The molecular weight excluding hydrogens is 303 g/mol. The summed E-state index contributed by atoms with van der Waals surface area (Å²) in [7, 11) is -9.82. The second-order valence-electron chi connectivity index (χ2n) is 5.52. The van der Waals surface area contributed by atoms with Crippen LogP contribution in [-0.4, -0.2) is 22.2 Å². The highest BCUT2D eigenvalue weighted by Crippen LogP contribution is 3.01. The largest absolute Gasteiger partial charge is 0.385 e. The van der Waals surface area contributed by atoms with Crippen molar-refractivity contribution in [2.24, 2.45) is 0 Å². The average molecular weight is 320 g/mol. The van der Waals surface area contributed by atoms with Crippen molar-refractivity contribution in [2.75, 3.05) is 6.54 Å². The fourth-order valence-corrected chi connectivity index (χ4v) is 1.95. The molecule has 0 aliphatic carbocycles. The lowest BCUT2D eigenvalue weighted by molar-refractivity contribution is 0.158. The van der Waals surface area contributed by atoms with Crippen molar-refractivity contribution in [3.63, 3.8) is 0 Å². The lowest BCUT2D eigenvalue weighted by Crippen LogP contribution is -2.38. The summed E-state index contributed by atoms with van der Waals surface area (Å²) >= 11 is 0. The zero-order valence-electron chi connectivity index (χ0n) is 11.2. The van der Waals surface area contributed by atoms with E-state index in [0.717, 1.165) is 12.1 Å². The van der Waals surface area contributed by atoms with Gasteiger partial charge in [0, 0.05) is 12.1 Å². The van der Waals surface area contributed by atoms with Crippen LogP contribution < -0.4 is 5.32 Å². The summed E-state index contributed by atoms with van der Waals surface area (Å²) in [6, 6.07) is 2.08. The molecule has 1 unspecified atom stereocenters. The fourth-order valence-electron chi connectivity index (χ4n) is 1.34. The Hall–Kier alpha value is -0.930. The molecule has 2 N–H and O–H groups in total. The second-order valence-corrected chi connectivity index (χ2v) is 7.87.